The van der Waals surface area contributed by atoms with Crippen molar-refractivity contribution in [1.29, 1.82) is 0 Å². The lowest BCUT2D eigenvalue weighted by Gasteiger charge is -1.90. The third-order valence-electron chi connectivity index (χ3n) is 1.04. The zero-order valence-electron chi connectivity index (χ0n) is 6.17. The maximum Gasteiger partial charge on any atom is 0.358 e. The van der Waals surface area contributed by atoms with E-state index >= 15 is 0 Å². The largest absolute Gasteiger partial charge is 0.476 e. The Labute approximate surface area is 76.1 Å². The summed E-state index contributed by atoms with van der Waals surface area (Å²) in [5.41, 5.74) is 4.71. The normalized spacial score (nSPS) is 11.2. The van der Waals surface area contributed by atoms with Gasteiger partial charge < -0.3 is 10.8 Å². The van der Waals surface area contributed by atoms with Crippen LogP contribution in [0, 0.1) is 0 Å². The number of amides is 1. The third kappa shape index (κ3) is 2.06. The van der Waals surface area contributed by atoms with E-state index in [0.717, 1.165) is 11.5 Å². The number of hydrogen-bond acceptors (Lipinski definition) is 6. The molecule has 1 aromatic rings. The van der Waals surface area contributed by atoms with E-state index < -0.39 is 11.7 Å². The Morgan fingerprint density at radius 1 is 1.69 bits per heavy atom. The van der Waals surface area contributed by atoms with E-state index in [2.05, 4.69) is 14.3 Å². The molecule has 0 bridgehead atoms. The van der Waals surface area contributed by atoms with Gasteiger partial charge in [0.15, 0.2) is 10.8 Å². The summed E-state index contributed by atoms with van der Waals surface area (Å²) >= 11 is 0.833. The highest BCUT2D eigenvalue weighted by molar-refractivity contribution is 7.09. The molecule has 0 aliphatic carbocycles. The Balaban J connectivity index is 3.09. The first-order valence-electron chi connectivity index (χ1n) is 2.99. The summed E-state index contributed by atoms with van der Waals surface area (Å²) in [7, 11) is 0. The number of nitrogens with zero attached hydrogens (tertiary/aromatic N) is 3. The minimum Gasteiger partial charge on any atom is -0.476 e. The van der Waals surface area contributed by atoms with Crippen molar-refractivity contribution in [2.24, 2.45) is 4.99 Å². The van der Waals surface area contributed by atoms with Gasteiger partial charge in [-0.2, -0.15) is 9.36 Å². The van der Waals surface area contributed by atoms with E-state index in [9.17, 15) is 9.59 Å². The number of rotatable bonds is 3. The Morgan fingerprint density at radius 3 is 2.77 bits per heavy atom. The van der Waals surface area contributed by atoms with E-state index in [1.807, 2.05) is 0 Å². The van der Waals surface area contributed by atoms with Gasteiger partial charge in [-0.15, -0.1) is 0 Å². The predicted octanol–water partition coefficient (Wildman–Crippen LogP) is -0.850. The summed E-state index contributed by atoms with van der Waals surface area (Å²) in [6.45, 7) is 0. The van der Waals surface area contributed by atoms with Crippen molar-refractivity contribution in [3.63, 3.8) is 0 Å². The van der Waals surface area contributed by atoms with Gasteiger partial charge in [0.1, 0.15) is 0 Å². The van der Waals surface area contributed by atoms with E-state index in [1.54, 1.807) is 0 Å². The standard InChI is InChI=1S/C5H4N4O3S/c6-5-8-3(9-13-5)2(4(11)12)7-1-10/h1H,(H,11,12)(H2,6,8,9). The maximum atomic E-state index is 10.5. The second-order valence-corrected chi connectivity index (χ2v) is 2.63. The number of carboxylic acid groups (broad SMARTS) is 1. The maximum absolute atomic E-state index is 10.5. The molecule has 0 aromatic carbocycles. The fourth-order valence-electron chi connectivity index (χ4n) is 0.593. The van der Waals surface area contributed by atoms with Crippen molar-refractivity contribution in [2.75, 3.05) is 5.73 Å². The molecule has 3 N–H and O–H groups in total. The summed E-state index contributed by atoms with van der Waals surface area (Å²) in [6.07, 6.45) is 0.112. The van der Waals surface area contributed by atoms with Gasteiger partial charge in [-0.3, -0.25) is 4.79 Å². The van der Waals surface area contributed by atoms with E-state index in [0.29, 0.717) is 0 Å². The van der Waals surface area contributed by atoms with Gasteiger partial charge in [0.2, 0.25) is 12.2 Å². The zero-order valence-corrected chi connectivity index (χ0v) is 6.98. The molecule has 0 atom stereocenters. The van der Waals surface area contributed by atoms with Crippen LogP contribution in [-0.2, 0) is 9.59 Å². The first kappa shape index (κ1) is 9.26. The lowest BCUT2D eigenvalue weighted by Crippen LogP contribution is -2.16. The molecule has 0 spiro atoms. The number of nitrogens with two attached hydrogens (primary N) is 1. The number of carbonyl (C=O) groups is 2. The molecule has 8 heteroatoms. The number of carbonyl (C=O) groups excluding carboxylic acids is 1. The van der Waals surface area contributed by atoms with Crippen molar-refractivity contribution >= 4 is 34.8 Å². The van der Waals surface area contributed by atoms with Gasteiger partial charge in [0.05, 0.1) is 0 Å². The monoisotopic (exact) mass is 200 g/mol. The van der Waals surface area contributed by atoms with Crippen LogP contribution in [0.15, 0.2) is 4.99 Å². The van der Waals surface area contributed by atoms with Gasteiger partial charge >= 0.3 is 5.97 Å². The average molecular weight is 200 g/mol. The molecule has 0 radical (unpaired) electrons. The number of nitrogen functional groups attached to an aromatic ring is 1. The molecular weight excluding hydrogens is 196 g/mol. The quantitative estimate of drug-likeness (QED) is 0.484. The van der Waals surface area contributed by atoms with E-state index in [1.165, 1.54) is 0 Å². The number of anilines is 1. The second-order valence-electron chi connectivity index (χ2n) is 1.84. The number of carboxylic acids is 1. The lowest BCUT2D eigenvalue weighted by atomic mass is 10.3. The van der Waals surface area contributed by atoms with Gasteiger partial charge in [0.25, 0.3) is 0 Å². The molecule has 0 fully saturated rings. The van der Waals surface area contributed by atoms with Crippen molar-refractivity contribution < 1.29 is 14.7 Å². The van der Waals surface area contributed by atoms with Gasteiger partial charge in [-0.25, -0.2) is 9.79 Å². The Hall–Kier alpha value is -1.83. The summed E-state index contributed by atoms with van der Waals surface area (Å²) in [5, 5.41) is 8.68. The van der Waals surface area contributed by atoms with Crippen LogP contribution in [0.2, 0.25) is 0 Å². The predicted molar refractivity (Wildman–Crippen MR) is 44.6 cm³/mol. The van der Waals surface area contributed by atoms with Crippen molar-refractivity contribution in [3.8, 4) is 0 Å². The van der Waals surface area contributed by atoms with Crippen LogP contribution in [0.3, 0.4) is 0 Å². The molecule has 1 aromatic heterocycles. The Bertz CT molecular complexity index is 372. The highest BCUT2D eigenvalue weighted by atomic mass is 32.1. The molecule has 13 heavy (non-hydrogen) atoms. The Kier molecular flexibility index (Phi) is 2.65. The topological polar surface area (TPSA) is 119 Å². The van der Waals surface area contributed by atoms with Gasteiger partial charge in [-0.05, 0) is 0 Å². The fraction of sp³-hybridized carbons (Fsp3) is 0. The average Bonchev–Trinajstić information content (AvgIpc) is 2.46. The van der Waals surface area contributed by atoms with Crippen LogP contribution < -0.4 is 5.73 Å². The summed E-state index contributed by atoms with van der Waals surface area (Å²) in [6, 6.07) is 0. The van der Waals surface area contributed by atoms with Crippen LogP contribution in [0.25, 0.3) is 0 Å². The van der Waals surface area contributed by atoms with Crippen LogP contribution in [0.5, 0.6) is 0 Å². The SMILES string of the molecule is Nc1nc(C(=NC=O)C(=O)O)ns1. The fourth-order valence-corrected chi connectivity index (χ4v) is 1.03. The minimum absolute atomic E-state index is 0.112. The zero-order chi connectivity index (χ0) is 9.84. The second kappa shape index (κ2) is 3.72. The molecular formula is C5H4N4O3S. The molecule has 0 saturated carbocycles. The molecule has 7 nitrogen and oxygen atoms in total. The highest BCUT2D eigenvalue weighted by Gasteiger charge is 2.17. The van der Waals surface area contributed by atoms with Crippen molar-refractivity contribution in [3.05, 3.63) is 5.82 Å². The molecule has 0 unspecified atom stereocenters. The minimum atomic E-state index is -1.37. The molecule has 1 amide bonds. The van der Waals surface area contributed by atoms with Crippen LogP contribution >= 0.6 is 11.5 Å². The summed E-state index contributed by atoms with van der Waals surface area (Å²) < 4.78 is 3.59. The van der Waals surface area contributed by atoms with Crippen molar-refractivity contribution in [2.45, 2.75) is 0 Å². The summed E-state index contributed by atoms with van der Waals surface area (Å²) in [5.74, 6) is -1.52. The van der Waals surface area contributed by atoms with E-state index in [-0.39, 0.29) is 17.4 Å². The molecule has 1 rings (SSSR count). The Morgan fingerprint density at radius 2 is 2.38 bits per heavy atom. The molecule has 68 valence electrons. The van der Waals surface area contributed by atoms with Gasteiger partial charge in [-0.1, -0.05) is 0 Å². The summed E-state index contributed by atoms with van der Waals surface area (Å²) in [4.78, 5) is 27.1. The third-order valence-corrected chi connectivity index (χ3v) is 1.58. The smallest absolute Gasteiger partial charge is 0.358 e. The molecule has 0 saturated heterocycles. The molecule has 0 aliphatic rings. The van der Waals surface area contributed by atoms with Crippen LogP contribution in [0.4, 0.5) is 5.13 Å². The van der Waals surface area contributed by atoms with Gasteiger partial charge in [0, 0.05) is 11.5 Å². The number of aromatic nitrogens is 2. The first-order chi connectivity index (χ1) is 6.15. The lowest BCUT2D eigenvalue weighted by molar-refractivity contribution is -0.129. The van der Waals surface area contributed by atoms with Crippen LogP contribution in [0.1, 0.15) is 5.82 Å². The first-order valence-corrected chi connectivity index (χ1v) is 3.76. The number of hydrogen-bond donors (Lipinski definition) is 2. The molecule has 1 heterocycles. The van der Waals surface area contributed by atoms with E-state index in [4.69, 9.17) is 10.8 Å². The van der Waals surface area contributed by atoms with Crippen LogP contribution in [-0.4, -0.2) is 32.6 Å². The van der Waals surface area contributed by atoms with Crippen molar-refractivity contribution in [1.82, 2.24) is 9.36 Å². The molecule has 0 aliphatic heterocycles. The highest BCUT2D eigenvalue weighted by Crippen LogP contribution is 2.06. The number of aliphatic imine (C=N–C) groups is 1. The number of aliphatic carboxylic acids is 1.